The van der Waals surface area contributed by atoms with Crippen molar-refractivity contribution >= 4 is 17.6 Å². The van der Waals surface area contributed by atoms with Gasteiger partial charge in [0.05, 0.1) is 11.4 Å². The van der Waals surface area contributed by atoms with Crippen molar-refractivity contribution in [2.75, 3.05) is 19.4 Å². The van der Waals surface area contributed by atoms with Gasteiger partial charge in [0.2, 0.25) is 0 Å². The van der Waals surface area contributed by atoms with E-state index in [0.717, 1.165) is 0 Å². The number of hydrogen-bond acceptors (Lipinski definition) is 5. The molecule has 7 nitrogen and oxygen atoms in total. The zero-order valence-corrected chi connectivity index (χ0v) is 12.6. The second kappa shape index (κ2) is 6.40. The molecule has 0 radical (unpaired) electrons. The lowest BCUT2D eigenvalue weighted by Crippen LogP contribution is -2.36. The van der Waals surface area contributed by atoms with Gasteiger partial charge < -0.3 is 15.4 Å². The maximum Gasteiger partial charge on any atom is 0.359 e. The molecule has 0 aliphatic heterocycles. The SMILES string of the molecule is CCn1nc(C)c(N)c1C(=O)OCC(=O)N(C)C(C)C. The number of aryl methyl sites for hydroxylation is 2. The third-order valence-corrected chi connectivity index (χ3v) is 3.16. The van der Waals surface area contributed by atoms with Gasteiger partial charge in [-0.3, -0.25) is 9.48 Å². The van der Waals surface area contributed by atoms with Crippen molar-refractivity contribution < 1.29 is 14.3 Å². The summed E-state index contributed by atoms with van der Waals surface area (Å²) < 4.78 is 6.50. The molecule has 1 aromatic heterocycles. The largest absolute Gasteiger partial charge is 0.451 e. The van der Waals surface area contributed by atoms with E-state index in [1.807, 2.05) is 20.8 Å². The highest BCUT2D eigenvalue weighted by Gasteiger charge is 2.22. The molecule has 0 aliphatic carbocycles. The lowest BCUT2D eigenvalue weighted by molar-refractivity contribution is -0.134. The molecule has 0 saturated carbocycles. The first-order valence-corrected chi connectivity index (χ1v) is 6.55. The summed E-state index contributed by atoms with van der Waals surface area (Å²) in [6, 6.07) is 0.0506. The van der Waals surface area contributed by atoms with Gasteiger partial charge in [-0.25, -0.2) is 4.79 Å². The van der Waals surface area contributed by atoms with Crippen molar-refractivity contribution in [2.45, 2.75) is 40.3 Å². The number of hydrogen-bond donors (Lipinski definition) is 1. The Morgan fingerprint density at radius 2 is 2.05 bits per heavy atom. The number of nitrogens with zero attached hydrogens (tertiary/aromatic N) is 3. The fraction of sp³-hybridized carbons (Fsp3) is 0.615. The Hall–Kier alpha value is -2.05. The van der Waals surface area contributed by atoms with Crippen LogP contribution in [0, 0.1) is 6.92 Å². The van der Waals surface area contributed by atoms with Crippen LogP contribution in [0.2, 0.25) is 0 Å². The van der Waals surface area contributed by atoms with Crippen molar-refractivity contribution in [1.29, 1.82) is 0 Å². The minimum Gasteiger partial charge on any atom is -0.451 e. The summed E-state index contributed by atoms with van der Waals surface area (Å²) in [5, 5.41) is 4.14. The van der Waals surface area contributed by atoms with Crippen molar-refractivity contribution in [1.82, 2.24) is 14.7 Å². The molecule has 0 aromatic carbocycles. The highest BCUT2D eigenvalue weighted by molar-refractivity contribution is 5.95. The summed E-state index contributed by atoms with van der Waals surface area (Å²) in [6.45, 7) is 7.53. The molecular weight excluding hydrogens is 260 g/mol. The Morgan fingerprint density at radius 3 is 2.55 bits per heavy atom. The summed E-state index contributed by atoms with van der Waals surface area (Å²) in [4.78, 5) is 25.3. The van der Waals surface area contributed by atoms with Crippen LogP contribution in [0.15, 0.2) is 0 Å². The van der Waals surface area contributed by atoms with Crippen LogP contribution < -0.4 is 5.73 Å². The van der Waals surface area contributed by atoms with Crippen LogP contribution in [0.4, 0.5) is 5.69 Å². The summed E-state index contributed by atoms with van der Waals surface area (Å²) in [6.07, 6.45) is 0. The Bertz CT molecular complexity index is 508. The average molecular weight is 282 g/mol. The van der Waals surface area contributed by atoms with Gasteiger partial charge in [0, 0.05) is 19.6 Å². The smallest absolute Gasteiger partial charge is 0.359 e. The number of likely N-dealkylation sites (N-methyl/N-ethyl adjacent to an activating group) is 1. The van der Waals surface area contributed by atoms with Gasteiger partial charge in [-0.1, -0.05) is 0 Å². The maximum atomic E-state index is 12.0. The summed E-state index contributed by atoms with van der Waals surface area (Å²) >= 11 is 0. The predicted octanol–water partition coefficient (Wildman–Crippen LogP) is 0.817. The Morgan fingerprint density at radius 1 is 1.45 bits per heavy atom. The zero-order valence-electron chi connectivity index (χ0n) is 12.6. The van der Waals surface area contributed by atoms with Gasteiger partial charge >= 0.3 is 5.97 Å². The Labute approximate surface area is 118 Å². The standard InChI is InChI=1S/C13H22N4O3/c1-6-17-12(11(14)9(4)15-17)13(19)20-7-10(18)16(5)8(2)3/h8H,6-7,14H2,1-5H3. The monoisotopic (exact) mass is 282 g/mol. The first kappa shape index (κ1) is 16.0. The number of carbonyl (C=O) groups is 2. The zero-order chi connectivity index (χ0) is 15.4. The van der Waals surface area contributed by atoms with Crippen LogP contribution in [0.3, 0.4) is 0 Å². The molecule has 0 aliphatic rings. The molecule has 7 heteroatoms. The molecule has 0 saturated heterocycles. The van der Waals surface area contributed by atoms with Crippen molar-refractivity contribution in [3.8, 4) is 0 Å². The maximum absolute atomic E-state index is 12.0. The summed E-state index contributed by atoms with van der Waals surface area (Å²) in [7, 11) is 1.66. The fourth-order valence-corrected chi connectivity index (χ4v) is 1.62. The minimum absolute atomic E-state index is 0.0506. The molecule has 20 heavy (non-hydrogen) atoms. The molecule has 2 N–H and O–H groups in total. The van der Waals surface area contributed by atoms with Crippen molar-refractivity contribution in [3.63, 3.8) is 0 Å². The molecule has 0 unspecified atom stereocenters. The molecule has 1 heterocycles. The van der Waals surface area contributed by atoms with E-state index in [-0.39, 0.29) is 24.2 Å². The van der Waals surface area contributed by atoms with E-state index in [1.54, 1.807) is 14.0 Å². The number of carbonyl (C=O) groups excluding carboxylic acids is 2. The van der Waals surface area contributed by atoms with Gasteiger partial charge in [-0.15, -0.1) is 0 Å². The number of rotatable bonds is 5. The van der Waals surface area contributed by atoms with E-state index >= 15 is 0 Å². The number of nitrogens with two attached hydrogens (primary N) is 1. The molecule has 112 valence electrons. The third-order valence-electron chi connectivity index (χ3n) is 3.16. The van der Waals surface area contributed by atoms with Crippen LogP contribution in [0.25, 0.3) is 0 Å². The number of aromatic nitrogens is 2. The lowest BCUT2D eigenvalue weighted by atomic mass is 10.3. The molecule has 0 fully saturated rings. The van der Waals surface area contributed by atoms with E-state index in [2.05, 4.69) is 5.10 Å². The molecule has 0 atom stereocenters. The van der Waals surface area contributed by atoms with E-state index in [0.29, 0.717) is 17.9 Å². The Kier molecular flexibility index (Phi) is 5.12. The number of esters is 1. The van der Waals surface area contributed by atoms with Crippen LogP contribution in [0.5, 0.6) is 0 Å². The van der Waals surface area contributed by atoms with Gasteiger partial charge in [0.1, 0.15) is 0 Å². The van der Waals surface area contributed by atoms with Gasteiger partial charge in [0.15, 0.2) is 12.3 Å². The third kappa shape index (κ3) is 3.28. The molecule has 0 bridgehead atoms. The van der Waals surface area contributed by atoms with Gasteiger partial charge in [0.25, 0.3) is 5.91 Å². The van der Waals surface area contributed by atoms with Crippen LogP contribution in [0.1, 0.15) is 37.0 Å². The van der Waals surface area contributed by atoms with Gasteiger partial charge in [-0.2, -0.15) is 5.10 Å². The van der Waals surface area contributed by atoms with E-state index < -0.39 is 5.97 Å². The topological polar surface area (TPSA) is 90.5 Å². The number of anilines is 1. The predicted molar refractivity (Wildman–Crippen MR) is 75.2 cm³/mol. The van der Waals surface area contributed by atoms with Crippen LogP contribution >= 0.6 is 0 Å². The molecular formula is C13H22N4O3. The first-order chi connectivity index (χ1) is 9.29. The number of ether oxygens (including phenoxy) is 1. The Balaban J connectivity index is 2.76. The highest BCUT2D eigenvalue weighted by Crippen LogP contribution is 2.17. The second-order valence-electron chi connectivity index (χ2n) is 4.84. The number of nitrogen functional groups attached to an aromatic ring is 1. The summed E-state index contributed by atoms with van der Waals surface area (Å²) in [5.74, 6) is -0.887. The fourth-order valence-electron chi connectivity index (χ4n) is 1.62. The molecule has 1 amide bonds. The molecule has 0 spiro atoms. The number of amides is 1. The average Bonchev–Trinajstić information content (AvgIpc) is 2.70. The van der Waals surface area contributed by atoms with Gasteiger partial charge in [-0.05, 0) is 27.7 Å². The lowest BCUT2D eigenvalue weighted by Gasteiger charge is -2.21. The normalized spacial score (nSPS) is 10.7. The van der Waals surface area contributed by atoms with Crippen LogP contribution in [-0.2, 0) is 16.1 Å². The van der Waals surface area contributed by atoms with E-state index in [9.17, 15) is 9.59 Å². The van der Waals surface area contributed by atoms with E-state index in [1.165, 1.54) is 9.58 Å². The van der Waals surface area contributed by atoms with E-state index in [4.69, 9.17) is 10.5 Å². The minimum atomic E-state index is -0.629. The first-order valence-electron chi connectivity index (χ1n) is 6.55. The van der Waals surface area contributed by atoms with Crippen molar-refractivity contribution in [2.24, 2.45) is 0 Å². The highest BCUT2D eigenvalue weighted by atomic mass is 16.5. The van der Waals surface area contributed by atoms with Crippen molar-refractivity contribution in [3.05, 3.63) is 11.4 Å². The molecule has 1 rings (SSSR count). The molecule has 1 aromatic rings. The van der Waals surface area contributed by atoms with Crippen LogP contribution in [-0.4, -0.2) is 46.3 Å². The quantitative estimate of drug-likeness (QED) is 0.807. The summed E-state index contributed by atoms with van der Waals surface area (Å²) in [5.41, 5.74) is 6.88. The second-order valence-corrected chi connectivity index (χ2v) is 4.84.